The number of nitrogens with zero attached hydrogens (tertiary/aromatic N) is 4. The Balaban J connectivity index is 1.69. The third-order valence-electron chi connectivity index (χ3n) is 7.56. The van der Waals surface area contributed by atoms with E-state index in [4.69, 9.17) is 26.8 Å². The van der Waals surface area contributed by atoms with Gasteiger partial charge in [-0.05, 0) is 75.4 Å². The SMILES string of the molecule is COc1cn(C(C(=O)Cc2ccn3ncc(C(N)=O)c3c2)C(C)CCCNC(=O)OC(C)(C)C)c(=O)cc1-c1cc(Cl)ccc1C#N. The number of alkyl carbamates (subject to hydrolysis) is 1. The highest BCUT2D eigenvalue weighted by Crippen LogP contribution is 2.34. The maximum absolute atomic E-state index is 14.1. The van der Waals surface area contributed by atoms with Crippen LogP contribution >= 0.6 is 11.6 Å². The van der Waals surface area contributed by atoms with Crippen LogP contribution in [0.2, 0.25) is 5.02 Å². The lowest BCUT2D eigenvalue weighted by Crippen LogP contribution is -2.35. The molecular weight excluding hydrogens is 624 g/mol. The predicted molar refractivity (Wildman–Crippen MR) is 177 cm³/mol. The standard InChI is InChI=1S/C34H37ClN6O6/c1-20(7-6-11-38-33(45)47-34(2,3)4)31(28(42)14-21-10-12-41-27(13-21)26(18-39-41)32(37)44)40-19-29(46-5)25(16-30(40)43)24-15-23(35)9-8-22(24)17-36/h8-10,12-13,15-16,18-20,31H,6-7,11,14H2,1-5H3,(H2,37,44)(H,38,45). The Kier molecular flexibility index (Phi) is 10.7. The van der Waals surface area contributed by atoms with Crippen molar-refractivity contribution in [1.29, 1.82) is 5.26 Å². The molecule has 47 heavy (non-hydrogen) atoms. The third kappa shape index (κ3) is 8.37. The van der Waals surface area contributed by atoms with E-state index < -0.39 is 29.2 Å². The number of nitriles is 1. The lowest BCUT2D eigenvalue weighted by atomic mass is 9.89. The summed E-state index contributed by atoms with van der Waals surface area (Å²) in [4.78, 5) is 52.0. The lowest BCUT2D eigenvalue weighted by molar-refractivity contribution is -0.123. The van der Waals surface area contributed by atoms with E-state index in [9.17, 15) is 24.4 Å². The molecule has 12 nitrogen and oxygen atoms in total. The monoisotopic (exact) mass is 660 g/mol. The first kappa shape index (κ1) is 34.7. The first-order chi connectivity index (χ1) is 22.2. The molecule has 0 saturated carbocycles. The van der Waals surface area contributed by atoms with Crippen LogP contribution in [0, 0.1) is 17.2 Å². The molecule has 246 valence electrons. The average molecular weight is 661 g/mol. The average Bonchev–Trinajstić information content (AvgIpc) is 3.43. The molecule has 0 bridgehead atoms. The number of rotatable bonds is 12. The van der Waals surface area contributed by atoms with Gasteiger partial charge in [-0.1, -0.05) is 18.5 Å². The molecule has 2 atom stereocenters. The Morgan fingerprint density at radius 3 is 2.55 bits per heavy atom. The van der Waals surface area contributed by atoms with Crippen molar-refractivity contribution in [2.75, 3.05) is 13.7 Å². The molecule has 3 heterocycles. The van der Waals surface area contributed by atoms with Gasteiger partial charge < -0.3 is 25.1 Å². The minimum absolute atomic E-state index is 0.0611. The van der Waals surface area contributed by atoms with E-state index in [0.717, 1.165) is 0 Å². The number of Topliss-reactive ketones (excluding diaryl/α,β-unsaturated/α-hetero) is 1. The largest absolute Gasteiger partial charge is 0.495 e. The summed E-state index contributed by atoms with van der Waals surface area (Å²) < 4.78 is 13.8. The quantitative estimate of drug-likeness (QED) is 0.198. The molecule has 4 rings (SSSR count). The summed E-state index contributed by atoms with van der Waals surface area (Å²) in [5.74, 6) is -1.00. The van der Waals surface area contributed by atoms with Crippen LogP contribution < -0.4 is 21.3 Å². The van der Waals surface area contributed by atoms with Gasteiger partial charge in [0.2, 0.25) is 0 Å². The molecule has 1 aromatic carbocycles. The zero-order valence-electron chi connectivity index (χ0n) is 26.9. The number of carbonyl (C=O) groups is 3. The molecule has 0 saturated heterocycles. The van der Waals surface area contributed by atoms with Crippen LogP contribution in [-0.2, 0) is 16.0 Å². The van der Waals surface area contributed by atoms with Gasteiger partial charge in [0.05, 0.1) is 48.3 Å². The van der Waals surface area contributed by atoms with E-state index in [-0.39, 0.29) is 29.4 Å². The summed E-state index contributed by atoms with van der Waals surface area (Å²) in [5, 5.41) is 16.9. The van der Waals surface area contributed by atoms with Crippen LogP contribution in [0.5, 0.6) is 5.75 Å². The Hall–Kier alpha value is -5.15. The number of aromatic nitrogens is 3. The van der Waals surface area contributed by atoms with Crippen LogP contribution in [-0.4, -0.2) is 51.2 Å². The van der Waals surface area contributed by atoms with Crippen molar-refractivity contribution in [3.63, 3.8) is 0 Å². The number of methoxy groups -OCH3 is 1. The van der Waals surface area contributed by atoms with Crippen LogP contribution in [0.4, 0.5) is 4.79 Å². The first-order valence-electron chi connectivity index (χ1n) is 15.0. The molecule has 4 aromatic rings. The van der Waals surface area contributed by atoms with Gasteiger partial charge in [0.1, 0.15) is 11.4 Å². The topological polar surface area (TPSA) is 171 Å². The Labute approximate surface area is 277 Å². The normalized spacial score (nSPS) is 12.6. The first-order valence-corrected chi connectivity index (χ1v) is 15.4. The molecule has 0 aliphatic rings. The Bertz CT molecular complexity index is 1920. The number of nitrogens with one attached hydrogen (secondary N) is 1. The number of ketones is 1. The fourth-order valence-corrected chi connectivity index (χ4v) is 5.59. The highest BCUT2D eigenvalue weighted by molar-refractivity contribution is 6.31. The van der Waals surface area contributed by atoms with Gasteiger partial charge in [-0.15, -0.1) is 0 Å². The maximum atomic E-state index is 14.1. The number of amides is 2. The summed E-state index contributed by atoms with van der Waals surface area (Å²) in [6.07, 6.45) is 4.85. The van der Waals surface area contributed by atoms with Gasteiger partial charge in [0.15, 0.2) is 5.78 Å². The van der Waals surface area contributed by atoms with Crippen molar-refractivity contribution in [3.05, 3.63) is 87.1 Å². The van der Waals surface area contributed by atoms with E-state index in [1.165, 1.54) is 34.7 Å². The Morgan fingerprint density at radius 1 is 1.15 bits per heavy atom. The molecular formula is C34H37ClN6O6. The molecule has 0 fully saturated rings. The van der Waals surface area contributed by atoms with Gasteiger partial charge in [-0.2, -0.15) is 10.4 Å². The molecule has 0 aliphatic carbocycles. The molecule has 3 N–H and O–H groups in total. The summed E-state index contributed by atoms with van der Waals surface area (Å²) in [7, 11) is 1.43. The van der Waals surface area contributed by atoms with Crippen LogP contribution in [0.3, 0.4) is 0 Å². The number of pyridine rings is 2. The highest BCUT2D eigenvalue weighted by Gasteiger charge is 2.29. The zero-order valence-corrected chi connectivity index (χ0v) is 27.6. The molecule has 2 amide bonds. The summed E-state index contributed by atoms with van der Waals surface area (Å²) in [6.45, 7) is 7.48. The second-order valence-electron chi connectivity index (χ2n) is 12.2. The third-order valence-corrected chi connectivity index (χ3v) is 7.79. The van der Waals surface area contributed by atoms with Crippen molar-refractivity contribution >= 4 is 34.9 Å². The van der Waals surface area contributed by atoms with Crippen molar-refractivity contribution in [1.82, 2.24) is 19.5 Å². The molecule has 0 spiro atoms. The Morgan fingerprint density at radius 2 is 1.89 bits per heavy atom. The number of hydrogen-bond acceptors (Lipinski definition) is 8. The fraction of sp³-hybridized carbons (Fsp3) is 0.353. The zero-order chi connectivity index (χ0) is 34.5. The van der Waals surface area contributed by atoms with Crippen molar-refractivity contribution in [2.24, 2.45) is 11.7 Å². The maximum Gasteiger partial charge on any atom is 0.407 e. The number of carbonyl (C=O) groups excluding carboxylic acids is 3. The number of ether oxygens (including phenoxy) is 2. The highest BCUT2D eigenvalue weighted by atomic mass is 35.5. The second-order valence-corrected chi connectivity index (χ2v) is 12.7. The molecule has 13 heteroatoms. The molecule has 0 radical (unpaired) electrons. The smallest absolute Gasteiger partial charge is 0.407 e. The van der Waals surface area contributed by atoms with E-state index in [2.05, 4.69) is 16.5 Å². The van der Waals surface area contributed by atoms with Crippen molar-refractivity contribution < 1.29 is 23.9 Å². The van der Waals surface area contributed by atoms with E-state index in [1.807, 2.05) is 6.92 Å². The van der Waals surface area contributed by atoms with Crippen molar-refractivity contribution in [2.45, 2.75) is 58.6 Å². The van der Waals surface area contributed by atoms with E-state index in [0.29, 0.717) is 52.2 Å². The van der Waals surface area contributed by atoms with Gasteiger partial charge in [-0.3, -0.25) is 14.4 Å². The minimum Gasteiger partial charge on any atom is -0.495 e. The summed E-state index contributed by atoms with van der Waals surface area (Å²) in [6, 6.07) is 10.6. The van der Waals surface area contributed by atoms with Crippen LogP contribution in [0.1, 0.15) is 68.1 Å². The summed E-state index contributed by atoms with van der Waals surface area (Å²) >= 11 is 6.23. The van der Waals surface area contributed by atoms with E-state index in [1.54, 1.807) is 57.3 Å². The van der Waals surface area contributed by atoms with Gasteiger partial charge in [-0.25, -0.2) is 9.31 Å². The van der Waals surface area contributed by atoms with Gasteiger partial charge >= 0.3 is 6.09 Å². The number of halogens is 1. The fourth-order valence-electron chi connectivity index (χ4n) is 5.42. The molecule has 0 aliphatic heterocycles. The van der Waals surface area contributed by atoms with Crippen molar-refractivity contribution in [3.8, 4) is 22.9 Å². The summed E-state index contributed by atoms with van der Waals surface area (Å²) in [5.41, 5.74) is 6.74. The van der Waals surface area contributed by atoms with Crippen LogP contribution in [0.15, 0.2) is 59.8 Å². The minimum atomic E-state index is -0.932. The lowest BCUT2D eigenvalue weighted by Gasteiger charge is -2.26. The predicted octanol–water partition coefficient (Wildman–Crippen LogP) is 5.09. The number of hydrogen-bond donors (Lipinski definition) is 2. The second kappa shape index (κ2) is 14.5. The molecule has 2 unspecified atom stereocenters. The van der Waals surface area contributed by atoms with Gasteiger partial charge in [0.25, 0.3) is 11.5 Å². The number of nitrogens with two attached hydrogens (primary N) is 1. The molecule has 3 aromatic heterocycles. The number of benzene rings is 1. The number of primary amides is 1. The van der Waals surface area contributed by atoms with E-state index >= 15 is 0 Å². The van der Waals surface area contributed by atoms with Gasteiger partial charge in [0, 0.05) is 41.4 Å². The number of fused-ring (bicyclic) bond motifs is 1. The van der Waals surface area contributed by atoms with Crippen LogP contribution in [0.25, 0.3) is 16.6 Å².